The van der Waals surface area contributed by atoms with E-state index < -0.39 is 23.4 Å². The van der Waals surface area contributed by atoms with Crippen molar-refractivity contribution in [3.8, 4) is 17.2 Å². The molecule has 1 aromatic heterocycles. The molecule has 4 aromatic rings. The second-order valence-electron chi connectivity index (χ2n) is 10.7. The van der Waals surface area contributed by atoms with E-state index in [4.69, 9.17) is 23.7 Å². The number of carbonyl (C=O) groups is 1. The first kappa shape index (κ1) is 32.6. The van der Waals surface area contributed by atoms with E-state index in [9.17, 15) is 13.6 Å². The van der Waals surface area contributed by atoms with Gasteiger partial charge in [-0.2, -0.15) is 0 Å². The summed E-state index contributed by atoms with van der Waals surface area (Å²) >= 11 is 0. The van der Waals surface area contributed by atoms with Crippen LogP contribution in [0.5, 0.6) is 17.2 Å². The summed E-state index contributed by atoms with van der Waals surface area (Å²) in [5.74, 6) is 0.777. The number of rotatable bonds is 13. The first-order chi connectivity index (χ1) is 22.4. The summed E-state index contributed by atoms with van der Waals surface area (Å²) < 4.78 is 56.2. The third-order valence-electron chi connectivity index (χ3n) is 7.45. The normalized spacial score (nSPS) is 13.5. The van der Waals surface area contributed by atoms with Crippen LogP contribution in [0.2, 0.25) is 0 Å². The standard InChI is InChI=1S/C33H37F2N5O6/c1-21-17-22(38-32-24-18-29(44-15-13-42-2)30(45-16-14-43-3)19-27(24)36-20-37-32)7-8-28(21)46-23-9-11-40(12-10-23)33(41)39-31-25(34)5-4-6-26(31)35/h4-8,17-20,23H,9-16H2,1-3H3,(H,39,41)(H,36,37,38). The molecule has 2 amide bonds. The molecule has 1 aliphatic rings. The molecule has 0 spiro atoms. The van der Waals surface area contributed by atoms with E-state index >= 15 is 0 Å². The minimum Gasteiger partial charge on any atom is -0.490 e. The van der Waals surface area contributed by atoms with Gasteiger partial charge in [0.1, 0.15) is 54.5 Å². The molecule has 0 radical (unpaired) electrons. The number of anilines is 3. The maximum Gasteiger partial charge on any atom is 0.322 e. The van der Waals surface area contributed by atoms with Gasteiger partial charge in [0.2, 0.25) is 0 Å². The van der Waals surface area contributed by atoms with Crippen LogP contribution < -0.4 is 24.8 Å². The molecule has 244 valence electrons. The molecular formula is C33H37F2N5O6. The average Bonchev–Trinajstić information content (AvgIpc) is 3.05. The first-order valence-corrected chi connectivity index (χ1v) is 14.9. The fourth-order valence-corrected chi connectivity index (χ4v) is 5.01. The molecule has 5 rings (SSSR count). The third-order valence-corrected chi connectivity index (χ3v) is 7.45. The fourth-order valence-electron chi connectivity index (χ4n) is 5.01. The van der Waals surface area contributed by atoms with Crippen LogP contribution in [-0.2, 0) is 9.47 Å². The van der Waals surface area contributed by atoms with E-state index in [1.54, 1.807) is 14.2 Å². The number of amides is 2. The monoisotopic (exact) mass is 637 g/mol. The highest BCUT2D eigenvalue weighted by Crippen LogP contribution is 2.36. The molecule has 0 bridgehead atoms. The van der Waals surface area contributed by atoms with Crippen molar-refractivity contribution in [1.82, 2.24) is 14.9 Å². The van der Waals surface area contributed by atoms with Crippen molar-refractivity contribution in [3.63, 3.8) is 0 Å². The summed E-state index contributed by atoms with van der Waals surface area (Å²) in [6.45, 7) is 4.29. The predicted molar refractivity (Wildman–Crippen MR) is 169 cm³/mol. The first-order valence-electron chi connectivity index (χ1n) is 14.9. The number of methoxy groups -OCH3 is 2. The lowest BCUT2D eigenvalue weighted by molar-refractivity contribution is 0.115. The number of piperidine rings is 1. The number of hydrogen-bond donors (Lipinski definition) is 2. The van der Waals surface area contributed by atoms with Crippen LogP contribution in [0.15, 0.2) is 54.9 Å². The molecule has 2 heterocycles. The van der Waals surface area contributed by atoms with E-state index in [0.29, 0.717) is 75.2 Å². The van der Waals surface area contributed by atoms with E-state index in [2.05, 4.69) is 20.6 Å². The van der Waals surface area contributed by atoms with Crippen LogP contribution in [0.3, 0.4) is 0 Å². The maximum atomic E-state index is 13.9. The van der Waals surface area contributed by atoms with Crippen LogP contribution in [0.25, 0.3) is 10.9 Å². The number of urea groups is 1. The van der Waals surface area contributed by atoms with Crippen LogP contribution in [0, 0.1) is 18.6 Å². The number of aromatic nitrogens is 2. The summed E-state index contributed by atoms with van der Waals surface area (Å²) in [6.07, 6.45) is 2.52. The second-order valence-corrected chi connectivity index (χ2v) is 10.7. The van der Waals surface area contributed by atoms with Crippen molar-refractivity contribution in [3.05, 3.63) is 72.1 Å². The number of halogens is 2. The number of benzene rings is 3. The largest absolute Gasteiger partial charge is 0.490 e. The summed E-state index contributed by atoms with van der Waals surface area (Å²) in [5.41, 5.74) is 1.95. The van der Waals surface area contributed by atoms with Crippen molar-refractivity contribution in [2.45, 2.75) is 25.9 Å². The topological polar surface area (TPSA) is 116 Å². The Bertz CT molecular complexity index is 1630. The highest BCUT2D eigenvalue weighted by molar-refractivity contribution is 5.93. The molecular weight excluding hydrogens is 600 g/mol. The maximum absolute atomic E-state index is 13.9. The molecule has 1 saturated heterocycles. The van der Waals surface area contributed by atoms with Crippen LogP contribution >= 0.6 is 0 Å². The summed E-state index contributed by atoms with van der Waals surface area (Å²) in [4.78, 5) is 23.0. The van der Waals surface area contributed by atoms with Gasteiger partial charge in [-0.25, -0.2) is 23.5 Å². The van der Waals surface area contributed by atoms with Crippen molar-refractivity contribution >= 4 is 34.1 Å². The van der Waals surface area contributed by atoms with E-state index in [-0.39, 0.29) is 6.10 Å². The Morgan fingerprint density at radius 1 is 0.891 bits per heavy atom. The zero-order valence-corrected chi connectivity index (χ0v) is 26.0. The van der Waals surface area contributed by atoms with Gasteiger partial charge < -0.3 is 39.2 Å². The van der Waals surface area contributed by atoms with Gasteiger partial charge in [0.05, 0.1) is 18.7 Å². The molecule has 46 heavy (non-hydrogen) atoms. The number of aryl methyl sites for hydroxylation is 1. The molecule has 2 N–H and O–H groups in total. The van der Waals surface area contributed by atoms with E-state index in [1.807, 2.05) is 37.3 Å². The average molecular weight is 638 g/mol. The lowest BCUT2D eigenvalue weighted by Crippen LogP contribution is -2.44. The Morgan fingerprint density at radius 3 is 2.22 bits per heavy atom. The number of carbonyl (C=O) groups excluding carboxylic acids is 1. The molecule has 0 saturated carbocycles. The Kier molecular flexibility index (Phi) is 11.0. The Hall–Kier alpha value is -4.75. The van der Waals surface area contributed by atoms with Gasteiger partial charge in [0, 0.05) is 57.3 Å². The number of para-hydroxylation sites is 1. The SMILES string of the molecule is COCCOc1cc2ncnc(Nc3ccc(OC4CCN(C(=O)Nc5c(F)cccc5F)CC4)c(C)c3)c2cc1OCCOC. The van der Waals surface area contributed by atoms with Crippen molar-refractivity contribution in [2.24, 2.45) is 0 Å². The molecule has 0 unspecified atom stereocenters. The van der Waals surface area contributed by atoms with Crippen molar-refractivity contribution in [2.75, 3.05) is 64.4 Å². The van der Waals surface area contributed by atoms with E-state index in [0.717, 1.165) is 34.5 Å². The Balaban J connectivity index is 1.22. The molecule has 1 fully saturated rings. The molecule has 3 aromatic carbocycles. The van der Waals surface area contributed by atoms with Gasteiger partial charge in [0.15, 0.2) is 11.5 Å². The van der Waals surface area contributed by atoms with Gasteiger partial charge in [0.25, 0.3) is 0 Å². The van der Waals surface area contributed by atoms with Gasteiger partial charge in [-0.3, -0.25) is 0 Å². The molecule has 13 heteroatoms. The van der Waals surface area contributed by atoms with Crippen LogP contribution in [0.4, 0.5) is 30.8 Å². The summed E-state index contributed by atoms with van der Waals surface area (Å²) in [5, 5.41) is 6.47. The molecule has 1 aliphatic heterocycles. The number of nitrogens with zero attached hydrogens (tertiary/aromatic N) is 3. The smallest absolute Gasteiger partial charge is 0.322 e. The third kappa shape index (κ3) is 8.09. The lowest BCUT2D eigenvalue weighted by Gasteiger charge is -2.32. The highest BCUT2D eigenvalue weighted by Gasteiger charge is 2.25. The number of hydrogen-bond acceptors (Lipinski definition) is 9. The second kappa shape index (κ2) is 15.5. The van der Waals surface area contributed by atoms with Gasteiger partial charge >= 0.3 is 6.03 Å². The predicted octanol–water partition coefficient (Wildman–Crippen LogP) is 6.09. The number of ether oxygens (including phenoxy) is 5. The zero-order valence-electron chi connectivity index (χ0n) is 26.0. The van der Waals surface area contributed by atoms with Gasteiger partial charge in [-0.15, -0.1) is 0 Å². The lowest BCUT2D eigenvalue weighted by atomic mass is 10.1. The van der Waals surface area contributed by atoms with Gasteiger partial charge in [-0.05, 0) is 48.9 Å². The fraction of sp³-hybridized carbons (Fsp3) is 0.364. The molecule has 11 nitrogen and oxygen atoms in total. The van der Waals surface area contributed by atoms with Crippen LogP contribution in [-0.4, -0.2) is 80.7 Å². The van der Waals surface area contributed by atoms with Crippen LogP contribution in [0.1, 0.15) is 18.4 Å². The Morgan fingerprint density at radius 2 is 1.57 bits per heavy atom. The van der Waals surface area contributed by atoms with E-state index in [1.165, 1.54) is 17.3 Å². The Labute approximate surface area is 265 Å². The summed E-state index contributed by atoms with van der Waals surface area (Å²) in [6, 6.07) is 12.3. The number of likely N-dealkylation sites (tertiary alicyclic amines) is 1. The number of fused-ring (bicyclic) bond motifs is 1. The number of nitrogens with one attached hydrogen (secondary N) is 2. The van der Waals surface area contributed by atoms with Crippen molar-refractivity contribution in [1.29, 1.82) is 0 Å². The highest BCUT2D eigenvalue weighted by atomic mass is 19.1. The quantitative estimate of drug-likeness (QED) is 0.168. The molecule has 0 atom stereocenters. The minimum atomic E-state index is -0.818. The molecule has 0 aliphatic carbocycles. The van der Waals surface area contributed by atoms with Crippen molar-refractivity contribution < 1.29 is 37.3 Å². The minimum absolute atomic E-state index is 0.116. The zero-order chi connectivity index (χ0) is 32.5. The summed E-state index contributed by atoms with van der Waals surface area (Å²) in [7, 11) is 3.22. The van der Waals surface area contributed by atoms with Gasteiger partial charge in [-0.1, -0.05) is 6.07 Å².